The molecule has 1 aromatic rings. The maximum absolute atomic E-state index is 10.5. The van der Waals surface area contributed by atoms with Crippen LogP contribution in [0.25, 0.3) is 0 Å². The third-order valence-corrected chi connectivity index (χ3v) is 3.06. The number of aromatic nitrogens is 2. The highest BCUT2D eigenvalue weighted by Gasteiger charge is 2.17. The zero-order chi connectivity index (χ0) is 13.0. The summed E-state index contributed by atoms with van der Waals surface area (Å²) in [5, 5.41) is 14.6. The molecular weight excluding hydrogens is 232 g/mol. The Balaban J connectivity index is 1.93. The van der Waals surface area contributed by atoms with E-state index in [0.29, 0.717) is 11.6 Å². The van der Waals surface area contributed by atoms with Crippen LogP contribution in [-0.2, 0) is 4.79 Å². The molecule has 0 aromatic carbocycles. The van der Waals surface area contributed by atoms with E-state index >= 15 is 0 Å². The van der Waals surface area contributed by atoms with Crippen LogP contribution in [0.15, 0.2) is 6.07 Å². The lowest BCUT2D eigenvalue weighted by molar-refractivity contribution is -0.134. The molecule has 1 aliphatic carbocycles. The van der Waals surface area contributed by atoms with Crippen molar-refractivity contribution in [2.45, 2.75) is 26.2 Å². The molecular formula is C12H18N4O2. The van der Waals surface area contributed by atoms with Crippen LogP contribution in [0.2, 0.25) is 0 Å². The van der Waals surface area contributed by atoms with E-state index in [4.69, 9.17) is 5.11 Å². The summed E-state index contributed by atoms with van der Waals surface area (Å²) in [6, 6.07) is 1.74. The summed E-state index contributed by atoms with van der Waals surface area (Å²) in [6.45, 7) is 2.58. The maximum atomic E-state index is 10.5. The van der Waals surface area contributed by atoms with Crippen LogP contribution in [0.1, 0.15) is 25.1 Å². The van der Waals surface area contributed by atoms with Gasteiger partial charge in [0.2, 0.25) is 0 Å². The van der Waals surface area contributed by atoms with Crippen molar-refractivity contribution in [1.29, 1.82) is 0 Å². The minimum atomic E-state index is -0.907. The van der Waals surface area contributed by atoms with Crippen LogP contribution in [0.3, 0.4) is 0 Å². The SMILES string of the molecule is Cc1nc(NCC(=O)O)cc(NCC2CCC2)n1. The normalized spacial score (nSPS) is 14.9. The summed E-state index contributed by atoms with van der Waals surface area (Å²) in [5.41, 5.74) is 0. The van der Waals surface area contributed by atoms with E-state index in [-0.39, 0.29) is 6.54 Å². The van der Waals surface area contributed by atoms with Gasteiger partial charge in [0.25, 0.3) is 0 Å². The lowest BCUT2D eigenvalue weighted by Gasteiger charge is -2.25. The first-order chi connectivity index (χ1) is 8.63. The highest BCUT2D eigenvalue weighted by Crippen LogP contribution is 2.26. The third-order valence-electron chi connectivity index (χ3n) is 3.06. The molecule has 3 N–H and O–H groups in total. The minimum absolute atomic E-state index is 0.140. The second kappa shape index (κ2) is 5.66. The molecule has 6 nitrogen and oxygen atoms in total. The zero-order valence-corrected chi connectivity index (χ0v) is 10.4. The zero-order valence-electron chi connectivity index (χ0n) is 10.4. The Hall–Kier alpha value is -1.85. The van der Waals surface area contributed by atoms with E-state index in [1.807, 2.05) is 0 Å². The molecule has 98 valence electrons. The Morgan fingerprint density at radius 2 is 2.06 bits per heavy atom. The monoisotopic (exact) mass is 250 g/mol. The van der Waals surface area contributed by atoms with Crippen molar-refractivity contribution < 1.29 is 9.90 Å². The third kappa shape index (κ3) is 3.58. The maximum Gasteiger partial charge on any atom is 0.322 e. The first kappa shape index (κ1) is 12.6. The van der Waals surface area contributed by atoms with Crippen LogP contribution < -0.4 is 10.6 Å². The smallest absolute Gasteiger partial charge is 0.322 e. The topological polar surface area (TPSA) is 87.1 Å². The van der Waals surface area contributed by atoms with E-state index in [9.17, 15) is 4.79 Å². The van der Waals surface area contributed by atoms with Gasteiger partial charge in [0.1, 0.15) is 24.0 Å². The number of carboxylic acid groups (broad SMARTS) is 1. The van der Waals surface area contributed by atoms with Gasteiger partial charge in [-0.05, 0) is 25.7 Å². The van der Waals surface area contributed by atoms with Gasteiger partial charge >= 0.3 is 5.97 Å². The molecule has 1 fully saturated rings. The molecule has 1 saturated carbocycles. The first-order valence-electron chi connectivity index (χ1n) is 6.18. The van der Waals surface area contributed by atoms with E-state index in [1.165, 1.54) is 19.3 Å². The van der Waals surface area contributed by atoms with Gasteiger partial charge in [0, 0.05) is 12.6 Å². The van der Waals surface area contributed by atoms with Crippen molar-refractivity contribution in [3.05, 3.63) is 11.9 Å². The summed E-state index contributed by atoms with van der Waals surface area (Å²) in [5.74, 6) is 1.76. The largest absolute Gasteiger partial charge is 0.480 e. The number of aryl methyl sites for hydroxylation is 1. The summed E-state index contributed by atoms with van der Waals surface area (Å²) >= 11 is 0. The van der Waals surface area contributed by atoms with Gasteiger partial charge in [-0.15, -0.1) is 0 Å². The number of rotatable bonds is 6. The van der Waals surface area contributed by atoms with E-state index in [1.54, 1.807) is 13.0 Å². The van der Waals surface area contributed by atoms with Crippen molar-refractivity contribution >= 4 is 17.6 Å². The number of carboxylic acids is 1. The Labute approximate surface area is 106 Å². The molecule has 1 heterocycles. The van der Waals surface area contributed by atoms with Crippen molar-refractivity contribution in [3.63, 3.8) is 0 Å². The molecule has 0 radical (unpaired) electrons. The van der Waals surface area contributed by atoms with E-state index in [2.05, 4.69) is 20.6 Å². The first-order valence-corrected chi connectivity index (χ1v) is 6.18. The van der Waals surface area contributed by atoms with E-state index in [0.717, 1.165) is 18.3 Å². The molecule has 6 heteroatoms. The van der Waals surface area contributed by atoms with Gasteiger partial charge in [-0.2, -0.15) is 0 Å². The molecule has 0 atom stereocenters. The molecule has 1 aliphatic rings. The van der Waals surface area contributed by atoms with Crippen molar-refractivity contribution in [2.24, 2.45) is 5.92 Å². The molecule has 2 rings (SSSR count). The Bertz CT molecular complexity index is 432. The predicted molar refractivity (Wildman–Crippen MR) is 68.7 cm³/mol. The highest BCUT2D eigenvalue weighted by molar-refractivity contribution is 5.72. The van der Waals surface area contributed by atoms with Crippen LogP contribution in [0.4, 0.5) is 11.6 Å². The minimum Gasteiger partial charge on any atom is -0.480 e. The average molecular weight is 250 g/mol. The van der Waals surface area contributed by atoms with Crippen LogP contribution in [0.5, 0.6) is 0 Å². The standard InChI is InChI=1S/C12H18N4O2/c1-8-15-10(13-6-9-3-2-4-9)5-11(16-8)14-7-12(17)18/h5,9H,2-4,6-7H2,1H3,(H,17,18)(H2,13,14,15,16). The van der Waals surface area contributed by atoms with Crippen molar-refractivity contribution in [1.82, 2.24) is 9.97 Å². The molecule has 18 heavy (non-hydrogen) atoms. The highest BCUT2D eigenvalue weighted by atomic mass is 16.4. The summed E-state index contributed by atoms with van der Waals surface area (Å²) in [6.07, 6.45) is 3.88. The van der Waals surface area contributed by atoms with Crippen molar-refractivity contribution in [3.8, 4) is 0 Å². The van der Waals surface area contributed by atoms with Gasteiger partial charge in [-0.25, -0.2) is 9.97 Å². The Morgan fingerprint density at radius 1 is 1.39 bits per heavy atom. The number of nitrogens with one attached hydrogen (secondary N) is 2. The molecule has 0 unspecified atom stereocenters. The van der Waals surface area contributed by atoms with Gasteiger partial charge in [-0.1, -0.05) is 6.42 Å². The average Bonchev–Trinajstić information content (AvgIpc) is 2.23. The van der Waals surface area contributed by atoms with Gasteiger partial charge < -0.3 is 15.7 Å². The second-order valence-corrected chi connectivity index (χ2v) is 4.61. The lowest BCUT2D eigenvalue weighted by atomic mass is 9.85. The molecule has 1 aromatic heterocycles. The summed E-state index contributed by atoms with van der Waals surface area (Å²) < 4.78 is 0. The quantitative estimate of drug-likeness (QED) is 0.709. The second-order valence-electron chi connectivity index (χ2n) is 4.61. The summed E-state index contributed by atoms with van der Waals surface area (Å²) in [4.78, 5) is 18.9. The number of aliphatic carboxylic acids is 1. The lowest BCUT2D eigenvalue weighted by Crippen LogP contribution is -2.21. The van der Waals surface area contributed by atoms with Crippen LogP contribution >= 0.6 is 0 Å². The predicted octanol–water partition coefficient (Wildman–Crippen LogP) is 1.49. The van der Waals surface area contributed by atoms with Gasteiger partial charge in [-0.3, -0.25) is 4.79 Å². The molecule has 0 saturated heterocycles. The number of hydrogen-bond acceptors (Lipinski definition) is 5. The fourth-order valence-electron chi connectivity index (χ4n) is 1.86. The number of anilines is 2. The number of carbonyl (C=O) groups is 1. The van der Waals surface area contributed by atoms with Gasteiger partial charge in [0.05, 0.1) is 0 Å². The van der Waals surface area contributed by atoms with Crippen LogP contribution in [-0.4, -0.2) is 34.1 Å². The van der Waals surface area contributed by atoms with Gasteiger partial charge in [0.15, 0.2) is 0 Å². The fourth-order valence-corrected chi connectivity index (χ4v) is 1.86. The summed E-state index contributed by atoms with van der Waals surface area (Å²) in [7, 11) is 0. The Morgan fingerprint density at radius 3 is 2.61 bits per heavy atom. The number of nitrogens with zero attached hydrogens (tertiary/aromatic N) is 2. The number of hydrogen-bond donors (Lipinski definition) is 3. The molecule has 0 amide bonds. The van der Waals surface area contributed by atoms with E-state index < -0.39 is 5.97 Å². The molecule has 0 spiro atoms. The molecule has 0 bridgehead atoms. The Kier molecular flexibility index (Phi) is 3.96. The van der Waals surface area contributed by atoms with Crippen molar-refractivity contribution in [2.75, 3.05) is 23.7 Å². The molecule has 0 aliphatic heterocycles. The fraction of sp³-hybridized carbons (Fsp3) is 0.583. The van der Waals surface area contributed by atoms with Crippen LogP contribution in [0, 0.1) is 12.8 Å².